The van der Waals surface area contributed by atoms with Crippen LogP contribution in [0.1, 0.15) is 19.4 Å². The van der Waals surface area contributed by atoms with E-state index in [0.29, 0.717) is 5.69 Å². The van der Waals surface area contributed by atoms with Crippen LogP contribution in [-0.4, -0.2) is 28.5 Å². The van der Waals surface area contributed by atoms with Crippen molar-refractivity contribution < 1.29 is 21.9 Å². The van der Waals surface area contributed by atoms with E-state index in [9.17, 15) is 10.1 Å². The highest BCUT2D eigenvalue weighted by molar-refractivity contribution is 6.33. The molecule has 3 rings (SSSR count). The summed E-state index contributed by atoms with van der Waals surface area (Å²) in [6, 6.07) is 14.7. The molecule has 6 nitrogen and oxygen atoms in total. The van der Waals surface area contributed by atoms with Gasteiger partial charge in [-0.25, -0.2) is 0 Å². The summed E-state index contributed by atoms with van der Waals surface area (Å²) in [6.45, 7) is 4.28. The summed E-state index contributed by atoms with van der Waals surface area (Å²) in [5, 5.41) is 15.3. The third kappa shape index (κ3) is 3.25. The number of nitro benzene ring substituents is 1. The second-order valence-corrected chi connectivity index (χ2v) is 6.23. The molecule has 0 spiro atoms. The molecule has 2 aromatic rings. The topological polar surface area (TPSA) is 70.5 Å². The zero-order valence-corrected chi connectivity index (χ0v) is 15.0. The van der Waals surface area contributed by atoms with Gasteiger partial charge in [-0.1, -0.05) is 30.3 Å². The van der Waals surface area contributed by atoms with E-state index >= 15 is 0 Å². The number of fused-ring (bicyclic) bond motifs is 1. The van der Waals surface area contributed by atoms with E-state index in [1.165, 1.54) is 11.6 Å². The standard InChI is InChI=1S/C18H18N4O2.ClH/c1-18(2)13-8-4-6-10-15(13)21(3)17(18)12-19-20-14-9-5-7-11-16(14)22(23)24;/h4-12H,1-3H3;1H. The number of rotatable bonds is 4. The fourth-order valence-corrected chi connectivity index (χ4v) is 3.12. The fraction of sp³-hybridized carbons (Fsp3) is 0.222. The van der Waals surface area contributed by atoms with Gasteiger partial charge in [0.1, 0.15) is 18.9 Å². The maximum Gasteiger partial charge on any atom is 0.294 e. The summed E-state index contributed by atoms with van der Waals surface area (Å²) in [5.74, 6) is 0. The SMILES string of the molecule is C[N+]1=C(/C=N/Nc2ccccc2[N+](=O)[O-])C(C)(C)c2ccccc21.[Cl-]. The Balaban J connectivity index is 0.00000225. The molecule has 0 unspecified atom stereocenters. The van der Waals surface area contributed by atoms with Crippen LogP contribution in [0.5, 0.6) is 0 Å². The minimum atomic E-state index is -0.424. The lowest BCUT2D eigenvalue weighted by Gasteiger charge is -2.14. The molecule has 2 aromatic carbocycles. The lowest BCUT2D eigenvalue weighted by atomic mass is 9.82. The third-order valence-corrected chi connectivity index (χ3v) is 4.41. The quantitative estimate of drug-likeness (QED) is 0.378. The zero-order valence-electron chi connectivity index (χ0n) is 14.2. The van der Waals surface area contributed by atoms with Crippen molar-refractivity contribution in [3.05, 3.63) is 64.2 Å². The minimum absolute atomic E-state index is 0. The second-order valence-electron chi connectivity index (χ2n) is 6.23. The Kier molecular flexibility index (Phi) is 5.23. The van der Waals surface area contributed by atoms with Crippen molar-refractivity contribution in [3.63, 3.8) is 0 Å². The first-order chi connectivity index (χ1) is 11.4. The first-order valence-electron chi connectivity index (χ1n) is 7.66. The summed E-state index contributed by atoms with van der Waals surface area (Å²) in [5.41, 5.74) is 6.38. The van der Waals surface area contributed by atoms with E-state index in [0.717, 1.165) is 11.4 Å². The number of nitrogens with one attached hydrogen (secondary N) is 1. The van der Waals surface area contributed by atoms with Crippen molar-refractivity contribution in [2.75, 3.05) is 12.5 Å². The van der Waals surface area contributed by atoms with E-state index in [1.54, 1.807) is 24.4 Å². The van der Waals surface area contributed by atoms with Crippen LogP contribution in [0.2, 0.25) is 0 Å². The maximum absolute atomic E-state index is 11.0. The number of hydrogen-bond acceptors (Lipinski definition) is 4. The monoisotopic (exact) mass is 358 g/mol. The average Bonchev–Trinajstić information content (AvgIpc) is 2.76. The van der Waals surface area contributed by atoms with E-state index in [4.69, 9.17) is 0 Å². The highest BCUT2D eigenvalue weighted by atomic mass is 35.5. The largest absolute Gasteiger partial charge is 1.00 e. The van der Waals surface area contributed by atoms with Crippen LogP contribution in [-0.2, 0) is 5.41 Å². The highest BCUT2D eigenvalue weighted by Crippen LogP contribution is 2.38. The van der Waals surface area contributed by atoms with E-state index in [1.807, 2.05) is 19.2 Å². The Hall–Kier alpha value is -2.73. The number of halogens is 1. The van der Waals surface area contributed by atoms with Crippen LogP contribution in [0.3, 0.4) is 0 Å². The number of benzene rings is 2. The van der Waals surface area contributed by atoms with Gasteiger partial charge in [-0.05, 0) is 19.9 Å². The van der Waals surface area contributed by atoms with Crippen molar-refractivity contribution in [1.29, 1.82) is 0 Å². The Bertz CT molecular complexity index is 875. The van der Waals surface area contributed by atoms with Crippen LogP contribution in [0, 0.1) is 10.1 Å². The first kappa shape index (κ1) is 18.6. The van der Waals surface area contributed by atoms with Gasteiger partial charge in [0, 0.05) is 17.7 Å². The molecule has 0 amide bonds. The number of para-hydroxylation sites is 3. The van der Waals surface area contributed by atoms with E-state index in [2.05, 4.69) is 41.1 Å². The van der Waals surface area contributed by atoms with Crippen LogP contribution < -0.4 is 17.8 Å². The van der Waals surface area contributed by atoms with Gasteiger partial charge in [-0.15, -0.1) is 0 Å². The predicted molar refractivity (Wildman–Crippen MR) is 95.5 cm³/mol. The Morgan fingerprint density at radius 2 is 1.80 bits per heavy atom. The van der Waals surface area contributed by atoms with Gasteiger partial charge in [0.05, 0.1) is 10.3 Å². The first-order valence-corrected chi connectivity index (χ1v) is 7.66. The van der Waals surface area contributed by atoms with Crippen LogP contribution in [0.25, 0.3) is 0 Å². The van der Waals surface area contributed by atoms with Crippen LogP contribution in [0.4, 0.5) is 17.1 Å². The number of hydrogen-bond donors (Lipinski definition) is 1. The molecule has 0 fully saturated rings. The molecular weight excluding hydrogens is 340 g/mol. The van der Waals surface area contributed by atoms with Crippen molar-refractivity contribution >= 4 is 29.0 Å². The van der Waals surface area contributed by atoms with Gasteiger partial charge in [0.25, 0.3) is 5.69 Å². The normalized spacial score (nSPS) is 15.0. The van der Waals surface area contributed by atoms with Crippen molar-refractivity contribution in [2.24, 2.45) is 5.10 Å². The number of hydrazone groups is 1. The minimum Gasteiger partial charge on any atom is -1.00 e. The summed E-state index contributed by atoms with van der Waals surface area (Å²) in [4.78, 5) is 10.6. The molecule has 1 aliphatic heterocycles. The molecule has 0 radical (unpaired) electrons. The molecule has 0 bridgehead atoms. The molecule has 0 atom stereocenters. The summed E-state index contributed by atoms with van der Waals surface area (Å²) in [7, 11) is 2.00. The van der Waals surface area contributed by atoms with Crippen molar-refractivity contribution in [3.8, 4) is 0 Å². The number of anilines is 1. The van der Waals surface area contributed by atoms with Crippen molar-refractivity contribution in [2.45, 2.75) is 19.3 Å². The molecule has 0 aliphatic carbocycles. The second kappa shape index (κ2) is 7.03. The molecule has 25 heavy (non-hydrogen) atoms. The summed E-state index contributed by atoms with van der Waals surface area (Å²) in [6.07, 6.45) is 1.73. The smallest absolute Gasteiger partial charge is 0.294 e. The van der Waals surface area contributed by atoms with Crippen LogP contribution >= 0.6 is 0 Å². The van der Waals surface area contributed by atoms with Crippen LogP contribution in [0.15, 0.2) is 53.6 Å². The Labute approximate surface area is 152 Å². The van der Waals surface area contributed by atoms with Gasteiger partial charge in [-0.3, -0.25) is 15.5 Å². The third-order valence-electron chi connectivity index (χ3n) is 4.41. The maximum atomic E-state index is 11.0. The Morgan fingerprint density at radius 1 is 1.16 bits per heavy atom. The molecule has 0 aromatic heterocycles. The van der Waals surface area contributed by atoms with E-state index in [-0.39, 0.29) is 23.5 Å². The lowest BCUT2D eigenvalue weighted by Crippen LogP contribution is -3.00. The highest BCUT2D eigenvalue weighted by Gasteiger charge is 2.43. The molecule has 1 N–H and O–H groups in total. The van der Waals surface area contributed by atoms with Gasteiger partial charge in [0.15, 0.2) is 0 Å². The Morgan fingerprint density at radius 3 is 2.48 bits per heavy atom. The van der Waals surface area contributed by atoms with Gasteiger partial charge < -0.3 is 12.4 Å². The lowest BCUT2D eigenvalue weighted by molar-refractivity contribution is -0.400. The molecule has 7 heteroatoms. The molecule has 1 heterocycles. The summed E-state index contributed by atoms with van der Waals surface area (Å²) < 4.78 is 2.10. The summed E-state index contributed by atoms with van der Waals surface area (Å²) >= 11 is 0. The molecule has 1 aliphatic rings. The fourth-order valence-electron chi connectivity index (χ4n) is 3.12. The number of nitrogens with zero attached hydrogens (tertiary/aromatic N) is 3. The van der Waals surface area contributed by atoms with Gasteiger partial charge >= 0.3 is 0 Å². The predicted octanol–water partition coefficient (Wildman–Crippen LogP) is 0.703. The molecule has 0 saturated heterocycles. The zero-order chi connectivity index (χ0) is 17.3. The molecule has 0 saturated carbocycles. The molecule has 130 valence electrons. The number of nitro groups is 1. The average molecular weight is 359 g/mol. The molecular formula is C18H19ClN4O2. The van der Waals surface area contributed by atoms with Crippen molar-refractivity contribution in [1.82, 2.24) is 0 Å². The van der Waals surface area contributed by atoms with Gasteiger partial charge in [0.2, 0.25) is 11.4 Å². The van der Waals surface area contributed by atoms with E-state index < -0.39 is 4.92 Å². The van der Waals surface area contributed by atoms with Gasteiger partial charge in [-0.2, -0.15) is 9.68 Å².